The zero-order valence-electron chi connectivity index (χ0n) is 23.8. The molecule has 9 rings (SSSR count). The molecule has 0 atom stereocenters. The second-order valence-electron chi connectivity index (χ2n) is 11.3. The number of thiophene rings is 2. The standard InChI is InChI=1S/C42H26S2/c1-2-9-27(10-3-1)28-17-19-29(20-18-28)30-11-8-12-31(23-30)33-24-37(42-38(25-33)35-14-5-7-16-40(35)44-42)32-21-22-36-34-13-4-6-15-39(34)43-41(36)26-32/h1-26H. The molecule has 0 fully saturated rings. The van der Waals surface area contributed by atoms with E-state index < -0.39 is 0 Å². The van der Waals surface area contributed by atoms with E-state index in [1.54, 1.807) is 0 Å². The molecule has 0 aliphatic rings. The highest BCUT2D eigenvalue weighted by atomic mass is 32.1. The van der Waals surface area contributed by atoms with Gasteiger partial charge in [0, 0.05) is 45.9 Å². The van der Waals surface area contributed by atoms with Gasteiger partial charge in [-0.2, -0.15) is 0 Å². The summed E-state index contributed by atoms with van der Waals surface area (Å²) in [6.07, 6.45) is 0. The van der Waals surface area contributed by atoms with E-state index in [9.17, 15) is 0 Å². The van der Waals surface area contributed by atoms with Crippen molar-refractivity contribution < 1.29 is 0 Å². The van der Waals surface area contributed by atoms with Gasteiger partial charge in [0.05, 0.1) is 0 Å². The maximum absolute atomic E-state index is 2.41. The van der Waals surface area contributed by atoms with E-state index in [4.69, 9.17) is 0 Å². The van der Waals surface area contributed by atoms with Crippen LogP contribution in [0.1, 0.15) is 0 Å². The largest absolute Gasteiger partial charge is 0.135 e. The first-order chi connectivity index (χ1) is 21.8. The molecule has 0 saturated carbocycles. The summed E-state index contributed by atoms with van der Waals surface area (Å²) in [5.74, 6) is 0. The molecule has 0 spiro atoms. The van der Waals surface area contributed by atoms with E-state index in [-0.39, 0.29) is 0 Å². The van der Waals surface area contributed by atoms with E-state index in [0.717, 1.165) is 0 Å². The number of rotatable bonds is 4. The highest BCUT2D eigenvalue weighted by Gasteiger charge is 2.15. The molecule has 0 aliphatic heterocycles. The van der Waals surface area contributed by atoms with Gasteiger partial charge >= 0.3 is 0 Å². The van der Waals surface area contributed by atoms with Gasteiger partial charge in [-0.3, -0.25) is 0 Å². The lowest BCUT2D eigenvalue weighted by Gasteiger charge is -2.11. The fourth-order valence-electron chi connectivity index (χ4n) is 6.47. The first-order valence-electron chi connectivity index (χ1n) is 14.9. The summed E-state index contributed by atoms with van der Waals surface area (Å²) in [6, 6.07) is 57.9. The highest BCUT2D eigenvalue weighted by molar-refractivity contribution is 7.26. The molecular formula is C42H26S2. The third kappa shape index (κ3) is 4.26. The Balaban J connectivity index is 1.20. The van der Waals surface area contributed by atoms with Gasteiger partial charge in [-0.1, -0.05) is 121 Å². The van der Waals surface area contributed by atoms with E-state index >= 15 is 0 Å². The number of benzene rings is 7. The average Bonchev–Trinajstić information content (AvgIpc) is 3.66. The van der Waals surface area contributed by atoms with Crippen molar-refractivity contribution in [2.45, 2.75) is 0 Å². The average molecular weight is 595 g/mol. The fourth-order valence-corrected chi connectivity index (χ4v) is 8.83. The Bertz CT molecular complexity index is 2480. The number of fused-ring (bicyclic) bond motifs is 6. The minimum absolute atomic E-state index is 1.23. The van der Waals surface area contributed by atoms with Crippen LogP contribution in [-0.4, -0.2) is 0 Å². The maximum atomic E-state index is 2.41. The Hall–Kier alpha value is -5.02. The van der Waals surface area contributed by atoms with Crippen LogP contribution in [0.4, 0.5) is 0 Å². The smallest absolute Gasteiger partial charge is 0.0434 e. The molecule has 2 heteroatoms. The molecule has 0 bridgehead atoms. The van der Waals surface area contributed by atoms with E-state index in [2.05, 4.69) is 158 Å². The van der Waals surface area contributed by atoms with Crippen LogP contribution in [0.3, 0.4) is 0 Å². The first kappa shape index (κ1) is 25.5. The Morgan fingerprint density at radius 3 is 1.59 bits per heavy atom. The zero-order chi connectivity index (χ0) is 29.0. The van der Waals surface area contributed by atoms with E-state index in [1.807, 2.05) is 22.7 Å². The van der Waals surface area contributed by atoms with Gasteiger partial charge in [-0.15, -0.1) is 22.7 Å². The molecule has 0 saturated heterocycles. The molecule has 7 aromatic carbocycles. The Kier molecular flexibility index (Phi) is 5.97. The lowest BCUT2D eigenvalue weighted by atomic mass is 9.93. The van der Waals surface area contributed by atoms with Crippen molar-refractivity contribution in [3.63, 3.8) is 0 Å². The molecule has 206 valence electrons. The van der Waals surface area contributed by atoms with Gasteiger partial charge in [0.2, 0.25) is 0 Å². The molecule has 2 heterocycles. The minimum atomic E-state index is 1.23. The van der Waals surface area contributed by atoms with E-state index in [1.165, 1.54) is 84.9 Å². The molecule has 0 unspecified atom stereocenters. The quantitative estimate of drug-likeness (QED) is 0.190. The molecular weight excluding hydrogens is 569 g/mol. The second-order valence-corrected chi connectivity index (χ2v) is 13.5. The van der Waals surface area contributed by atoms with Gasteiger partial charge in [0.1, 0.15) is 0 Å². The van der Waals surface area contributed by atoms with Crippen LogP contribution in [0.5, 0.6) is 0 Å². The van der Waals surface area contributed by atoms with Crippen LogP contribution in [0.2, 0.25) is 0 Å². The van der Waals surface area contributed by atoms with Crippen LogP contribution < -0.4 is 0 Å². The summed E-state index contributed by atoms with van der Waals surface area (Å²) in [6.45, 7) is 0. The van der Waals surface area contributed by atoms with Crippen molar-refractivity contribution in [1.82, 2.24) is 0 Å². The normalized spacial score (nSPS) is 11.6. The van der Waals surface area contributed by atoms with Crippen molar-refractivity contribution in [3.05, 3.63) is 158 Å². The molecule has 9 aromatic rings. The number of hydrogen-bond donors (Lipinski definition) is 0. The Morgan fingerprint density at radius 1 is 0.273 bits per heavy atom. The monoisotopic (exact) mass is 594 g/mol. The fraction of sp³-hybridized carbons (Fsp3) is 0. The Labute approximate surface area is 264 Å². The third-order valence-electron chi connectivity index (χ3n) is 8.69. The summed E-state index contributed by atoms with van der Waals surface area (Å²) >= 11 is 3.78. The molecule has 0 nitrogen and oxygen atoms in total. The van der Waals surface area contributed by atoms with Crippen LogP contribution in [0.25, 0.3) is 84.9 Å². The van der Waals surface area contributed by atoms with Crippen molar-refractivity contribution in [1.29, 1.82) is 0 Å². The summed E-state index contributed by atoms with van der Waals surface area (Å²) in [5.41, 5.74) is 9.98. The molecule has 0 N–H and O–H groups in total. The third-order valence-corrected chi connectivity index (χ3v) is 11.0. The molecule has 0 amide bonds. The predicted octanol–water partition coefficient (Wildman–Crippen LogP) is 13.1. The molecule has 0 aliphatic carbocycles. The lowest BCUT2D eigenvalue weighted by Crippen LogP contribution is -1.85. The maximum Gasteiger partial charge on any atom is 0.0434 e. The van der Waals surface area contributed by atoms with Crippen molar-refractivity contribution in [2.24, 2.45) is 0 Å². The lowest BCUT2D eigenvalue weighted by molar-refractivity contribution is 1.58. The van der Waals surface area contributed by atoms with Gasteiger partial charge < -0.3 is 0 Å². The Morgan fingerprint density at radius 2 is 0.818 bits per heavy atom. The summed E-state index contributed by atoms with van der Waals surface area (Å²) in [4.78, 5) is 0. The summed E-state index contributed by atoms with van der Waals surface area (Å²) in [7, 11) is 0. The van der Waals surface area contributed by atoms with Crippen LogP contribution in [0.15, 0.2) is 158 Å². The van der Waals surface area contributed by atoms with Crippen LogP contribution in [0, 0.1) is 0 Å². The predicted molar refractivity (Wildman–Crippen MR) is 194 cm³/mol. The van der Waals surface area contributed by atoms with Crippen molar-refractivity contribution >= 4 is 63.0 Å². The van der Waals surface area contributed by atoms with Crippen LogP contribution >= 0.6 is 22.7 Å². The summed E-state index contributed by atoms with van der Waals surface area (Å²) < 4.78 is 5.36. The molecule has 2 aromatic heterocycles. The summed E-state index contributed by atoms with van der Waals surface area (Å²) in [5, 5.41) is 5.33. The van der Waals surface area contributed by atoms with E-state index in [0.29, 0.717) is 0 Å². The first-order valence-corrected chi connectivity index (χ1v) is 16.6. The van der Waals surface area contributed by atoms with Crippen molar-refractivity contribution in [2.75, 3.05) is 0 Å². The number of hydrogen-bond acceptors (Lipinski definition) is 2. The van der Waals surface area contributed by atoms with Crippen molar-refractivity contribution in [3.8, 4) is 44.5 Å². The van der Waals surface area contributed by atoms with Crippen LogP contribution in [-0.2, 0) is 0 Å². The van der Waals surface area contributed by atoms with Gasteiger partial charge in [-0.25, -0.2) is 0 Å². The molecule has 0 radical (unpaired) electrons. The minimum Gasteiger partial charge on any atom is -0.135 e. The molecule has 44 heavy (non-hydrogen) atoms. The zero-order valence-corrected chi connectivity index (χ0v) is 25.5. The van der Waals surface area contributed by atoms with Gasteiger partial charge in [-0.05, 0) is 75.3 Å². The van der Waals surface area contributed by atoms with Gasteiger partial charge in [0.15, 0.2) is 0 Å². The topological polar surface area (TPSA) is 0 Å². The second kappa shape index (κ2) is 10.3. The SMILES string of the molecule is c1ccc(-c2ccc(-c3cccc(-c4cc(-c5ccc6c(c5)sc5ccccc56)c5sc6ccccc6c5c4)c3)cc2)cc1. The highest BCUT2D eigenvalue weighted by Crippen LogP contribution is 2.44. The van der Waals surface area contributed by atoms with Gasteiger partial charge in [0.25, 0.3) is 0 Å².